The SMILES string of the molecule is Cn1ccnc1CSC(C)(C)[C@H](N)C(=O)O. The van der Waals surface area contributed by atoms with Gasteiger partial charge in [0.1, 0.15) is 11.9 Å². The van der Waals surface area contributed by atoms with Gasteiger partial charge >= 0.3 is 5.97 Å². The molecule has 0 aliphatic heterocycles. The number of imidazole rings is 1. The summed E-state index contributed by atoms with van der Waals surface area (Å²) in [6, 6.07) is -0.877. The van der Waals surface area contributed by atoms with Crippen molar-refractivity contribution in [2.24, 2.45) is 12.8 Å². The summed E-state index contributed by atoms with van der Waals surface area (Å²) in [6.07, 6.45) is 3.58. The Bertz CT molecular complexity index is 376. The van der Waals surface area contributed by atoms with E-state index in [4.69, 9.17) is 10.8 Å². The van der Waals surface area contributed by atoms with E-state index < -0.39 is 16.8 Å². The molecular formula is C10H17N3O2S. The third-order valence-electron chi connectivity index (χ3n) is 2.51. The summed E-state index contributed by atoms with van der Waals surface area (Å²) in [5.41, 5.74) is 5.62. The van der Waals surface area contributed by atoms with Gasteiger partial charge in [-0.2, -0.15) is 0 Å². The van der Waals surface area contributed by atoms with Crippen LogP contribution in [0.25, 0.3) is 0 Å². The fourth-order valence-corrected chi connectivity index (χ4v) is 2.23. The van der Waals surface area contributed by atoms with Crippen molar-refractivity contribution in [1.29, 1.82) is 0 Å². The van der Waals surface area contributed by atoms with Crippen molar-refractivity contribution >= 4 is 17.7 Å². The predicted octanol–water partition coefficient (Wildman–Crippen LogP) is 0.844. The molecule has 0 saturated carbocycles. The molecule has 0 aliphatic carbocycles. The quantitative estimate of drug-likeness (QED) is 0.801. The highest BCUT2D eigenvalue weighted by molar-refractivity contribution is 7.99. The molecule has 0 saturated heterocycles. The maximum absolute atomic E-state index is 10.8. The van der Waals surface area contributed by atoms with E-state index in [1.54, 1.807) is 6.20 Å². The van der Waals surface area contributed by atoms with Crippen LogP contribution in [0, 0.1) is 0 Å². The van der Waals surface area contributed by atoms with Crippen LogP contribution in [0.3, 0.4) is 0 Å². The lowest BCUT2D eigenvalue weighted by Crippen LogP contribution is -2.46. The number of nitrogens with two attached hydrogens (primary N) is 1. The van der Waals surface area contributed by atoms with Gasteiger partial charge in [-0.1, -0.05) is 0 Å². The summed E-state index contributed by atoms with van der Waals surface area (Å²) in [7, 11) is 1.91. The van der Waals surface area contributed by atoms with Crippen molar-refractivity contribution in [2.75, 3.05) is 0 Å². The maximum Gasteiger partial charge on any atom is 0.321 e. The van der Waals surface area contributed by atoms with Gasteiger partial charge in [0.05, 0.1) is 5.75 Å². The van der Waals surface area contributed by atoms with E-state index in [-0.39, 0.29) is 0 Å². The molecule has 0 radical (unpaired) electrons. The standard InChI is InChI=1S/C10H17N3O2S/c1-10(2,8(11)9(14)15)16-6-7-12-4-5-13(7)3/h4-5,8H,6,11H2,1-3H3,(H,14,15)/t8-/m1/s1. The number of carboxylic acid groups (broad SMARTS) is 1. The van der Waals surface area contributed by atoms with Crippen LogP contribution in [0.15, 0.2) is 12.4 Å². The van der Waals surface area contributed by atoms with Crippen molar-refractivity contribution in [3.8, 4) is 0 Å². The van der Waals surface area contributed by atoms with Gasteiger partial charge in [0.15, 0.2) is 0 Å². The lowest BCUT2D eigenvalue weighted by Gasteiger charge is -2.27. The third kappa shape index (κ3) is 2.99. The first-order chi connectivity index (χ1) is 7.34. The Balaban J connectivity index is 2.61. The Morgan fingerprint density at radius 2 is 2.38 bits per heavy atom. The summed E-state index contributed by atoms with van der Waals surface area (Å²) < 4.78 is 1.40. The molecule has 6 heteroatoms. The summed E-state index contributed by atoms with van der Waals surface area (Å²) in [5, 5.41) is 8.87. The molecule has 1 heterocycles. The van der Waals surface area contributed by atoms with Gasteiger partial charge in [-0.05, 0) is 13.8 Å². The molecule has 16 heavy (non-hydrogen) atoms. The number of hydrogen-bond donors (Lipinski definition) is 2. The van der Waals surface area contributed by atoms with Gasteiger partial charge in [0, 0.05) is 24.2 Å². The van der Waals surface area contributed by atoms with Gasteiger partial charge in [0.2, 0.25) is 0 Å². The Morgan fingerprint density at radius 3 is 2.81 bits per heavy atom. The number of rotatable bonds is 5. The van der Waals surface area contributed by atoms with Crippen LogP contribution in [0.5, 0.6) is 0 Å². The molecule has 90 valence electrons. The Kier molecular flexibility index (Phi) is 3.98. The number of aliphatic carboxylic acids is 1. The lowest BCUT2D eigenvalue weighted by molar-refractivity contribution is -0.139. The highest BCUT2D eigenvalue weighted by Crippen LogP contribution is 2.30. The minimum Gasteiger partial charge on any atom is -0.480 e. The second-order valence-electron chi connectivity index (χ2n) is 4.16. The van der Waals surface area contributed by atoms with Gasteiger partial charge in [-0.3, -0.25) is 4.79 Å². The molecule has 0 aromatic carbocycles. The van der Waals surface area contributed by atoms with E-state index in [0.717, 1.165) is 5.82 Å². The van der Waals surface area contributed by atoms with Gasteiger partial charge in [-0.25, -0.2) is 4.98 Å². The number of hydrogen-bond acceptors (Lipinski definition) is 4. The molecule has 1 rings (SSSR count). The zero-order valence-electron chi connectivity index (χ0n) is 9.67. The number of aryl methyl sites for hydroxylation is 1. The van der Waals surface area contributed by atoms with Crippen molar-refractivity contribution in [3.05, 3.63) is 18.2 Å². The molecule has 0 unspecified atom stereocenters. The minimum atomic E-state index is -0.975. The van der Waals surface area contributed by atoms with Crippen LogP contribution in [0.4, 0.5) is 0 Å². The lowest BCUT2D eigenvalue weighted by atomic mass is 10.1. The van der Waals surface area contributed by atoms with Crippen LogP contribution >= 0.6 is 11.8 Å². The Labute approximate surface area is 99.0 Å². The van der Waals surface area contributed by atoms with Crippen molar-refractivity contribution in [2.45, 2.75) is 30.4 Å². The second kappa shape index (κ2) is 4.88. The molecule has 1 atom stereocenters. The predicted molar refractivity (Wildman–Crippen MR) is 64.2 cm³/mol. The molecule has 1 aromatic heterocycles. The number of aromatic nitrogens is 2. The highest BCUT2D eigenvalue weighted by atomic mass is 32.2. The van der Waals surface area contributed by atoms with E-state index in [0.29, 0.717) is 5.75 Å². The number of carbonyl (C=O) groups is 1. The first-order valence-corrected chi connectivity index (χ1v) is 5.91. The van der Waals surface area contributed by atoms with Crippen molar-refractivity contribution in [3.63, 3.8) is 0 Å². The summed E-state index contributed by atoms with van der Waals surface area (Å²) in [5.74, 6) is 0.588. The van der Waals surface area contributed by atoms with E-state index >= 15 is 0 Å². The van der Waals surface area contributed by atoms with Crippen LogP contribution in [0.2, 0.25) is 0 Å². The summed E-state index contributed by atoms with van der Waals surface area (Å²) in [4.78, 5) is 15.0. The molecule has 0 bridgehead atoms. The van der Waals surface area contributed by atoms with Crippen molar-refractivity contribution < 1.29 is 9.90 Å². The largest absolute Gasteiger partial charge is 0.480 e. The molecule has 0 fully saturated rings. The smallest absolute Gasteiger partial charge is 0.321 e. The monoisotopic (exact) mass is 243 g/mol. The molecule has 0 spiro atoms. The fraction of sp³-hybridized carbons (Fsp3) is 0.600. The van der Waals surface area contributed by atoms with Crippen LogP contribution in [-0.4, -0.2) is 31.4 Å². The van der Waals surface area contributed by atoms with Gasteiger partial charge in [0.25, 0.3) is 0 Å². The van der Waals surface area contributed by atoms with Crippen molar-refractivity contribution in [1.82, 2.24) is 9.55 Å². The van der Waals surface area contributed by atoms with E-state index in [1.165, 1.54) is 11.8 Å². The zero-order valence-corrected chi connectivity index (χ0v) is 10.5. The molecule has 1 aromatic rings. The summed E-state index contributed by atoms with van der Waals surface area (Å²) >= 11 is 1.50. The normalized spacial score (nSPS) is 13.8. The number of carboxylic acids is 1. The first-order valence-electron chi connectivity index (χ1n) is 4.93. The first kappa shape index (κ1) is 13.1. The molecule has 0 amide bonds. The van der Waals surface area contributed by atoms with Crippen LogP contribution in [0.1, 0.15) is 19.7 Å². The molecular weight excluding hydrogens is 226 g/mol. The third-order valence-corrected chi connectivity index (χ3v) is 3.91. The zero-order chi connectivity index (χ0) is 12.3. The Morgan fingerprint density at radius 1 is 1.75 bits per heavy atom. The second-order valence-corrected chi connectivity index (χ2v) is 5.79. The molecule has 3 N–H and O–H groups in total. The average molecular weight is 243 g/mol. The van der Waals surface area contributed by atoms with Gasteiger partial charge in [-0.15, -0.1) is 11.8 Å². The van der Waals surface area contributed by atoms with E-state index in [2.05, 4.69) is 4.98 Å². The maximum atomic E-state index is 10.8. The Hall–Kier alpha value is -1.01. The number of thioether (sulfide) groups is 1. The molecule has 0 aliphatic rings. The van der Waals surface area contributed by atoms with Crippen LogP contribution < -0.4 is 5.73 Å². The van der Waals surface area contributed by atoms with Gasteiger partial charge < -0.3 is 15.4 Å². The average Bonchev–Trinajstić information content (AvgIpc) is 2.60. The summed E-state index contributed by atoms with van der Waals surface area (Å²) in [6.45, 7) is 3.67. The topological polar surface area (TPSA) is 81.1 Å². The fourth-order valence-electron chi connectivity index (χ4n) is 1.17. The number of nitrogens with zero attached hydrogens (tertiary/aromatic N) is 2. The van der Waals surface area contributed by atoms with Crippen LogP contribution in [-0.2, 0) is 17.6 Å². The van der Waals surface area contributed by atoms with E-state index in [9.17, 15) is 4.79 Å². The van der Waals surface area contributed by atoms with E-state index in [1.807, 2.05) is 31.7 Å². The molecule has 5 nitrogen and oxygen atoms in total. The minimum absolute atomic E-state index is 0.516. The highest BCUT2D eigenvalue weighted by Gasteiger charge is 2.32.